The Morgan fingerprint density at radius 1 is 1.18 bits per heavy atom. The number of hydrogen-bond donors (Lipinski definition) is 1. The van der Waals surface area contributed by atoms with E-state index >= 15 is 0 Å². The normalized spacial score (nSPS) is 25.6. The number of hydrazone groups is 1. The standard InChI is InChI=1S/C24H31N7O3/c1-16-21(18-9-12-34-13-10-18)27-31-11-8-19(24(33)29(2)23(16)31)25-22(32)20-15-30(28-26-20)14-17-6-4-3-5-7-17/h3-7,15-16,18-19,23H,8-14H2,1-2H3,(H,25,32). The molecule has 3 aliphatic heterocycles. The summed E-state index contributed by atoms with van der Waals surface area (Å²) < 4.78 is 7.13. The van der Waals surface area contributed by atoms with E-state index in [2.05, 4.69) is 22.6 Å². The molecule has 34 heavy (non-hydrogen) atoms. The van der Waals surface area contributed by atoms with Gasteiger partial charge in [-0.3, -0.25) is 14.6 Å². The number of ether oxygens (including phenoxy) is 1. The van der Waals surface area contributed by atoms with Crippen LogP contribution >= 0.6 is 0 Å². The number of amides is 2. The van der Waals surface area contributed by atoms with Crippen molar-refractivity contribution in [2.45, 2.75) is 44.9 Å². The molecule has 3 aliphatic rings. The topological polar surface area (TPSA) is 105 Å². The molecule has 1 N–H and O–H groups in total. The molecule has 1 aromatic carbocycles. The Labute approximate surface area is 198 Å². The number of carbonyl (C=O) groups is 2. The molecule has 2 saturated heterocycles. The zero-order valence-electron chi connectivity index (χ0n) is 19.6. The number of likely N-dealkylation sites (N-methyl/N-ethyl adjacent to an activating group) is 1. The predicted octanol–water partition coefficient (Wildman–Crippen LogP) is 1.35. The molecule has 0 spiro atoms. The minimum atomic E-state index is -0.628. The summed E-state index contributed by atoms with van der Waals surface area (Å²) in [5, 5.41) is 17.9. The van der Waals surface area contributed by atoms with Crippen molar-refractivity contribution in [3.8, 4) is 0 Å². The van der Waals surface area contributed by atoms with Crippen molar-refractivity contribution in [3.63, 3.8) is 0 Å². The molecule has 0 bridgehead atoms. The number of nitrogens with one attached hydrogen (secondary N) is 1. The average molecular weight is 466 g/mol. The van der Waals surface area contributed by atoms with E-state index in [4.69, 9.17) is 9.84 Å². The van der Waals surface area contributed by atoms with Gasteiger partial charge in [-0.1, -0.05) is 42.5 Å². The number of rotatable bonds is 5. The van der Waals surface area contributed by atoms with Crippen molar-refractivity contribution >= 4 is 17.5 Å². The molecule has 5 rings (SSSR count). The van der Waals surface area contributed by atoms with E-state index in [1.165, 1.54) is 5.71 Å². The van der Waals surface area contributed by atoms with Crippen LogP contribution in [0.5, 0.6) is 0 Å². The zero-order chi connectivity index (χ0) is 23.7. The van der Waals surface area contributed by atoms with Gasteiger partial charge in [0.2, 0.25) is 5.91 Å². The molecule has 10 nitrogen and oxygen atoms in total. The van der Waals surface area contributed by atoms with E-state index in [-0.39, 0.29) is 23.7 Å². The minimum Gasteiger partial charge on any atom is -0.381 e. The highest BCUT2D eigenvalue weighted by molar-refractivity contribution is 5.96. The van der Waals surface area contributed by atoms with Gasteiger partial charge < -0.3 is 15.0 Å². The van der Waals surface area contributed by atoms with E-state index in [1.807, 2.05) is 35.3 Å². The lowest BCUT2D eigenvalue weighted by atomic mass is 9.86. The van der Waals surface area contributed by atoms with Gasteiger partial charge in [-0.15, -0.1) is 5.10 Å². The smallest absolute Gasteiger partial charge is 0.274 e. The van der Waals surface area contributed by atoms with Crippen LogP contribution in [0.2, 0.25) is 0 Å². The lowest BCUT2D eigenvalue weighted by Crippen LogP contribution is -2.52. The van der Waals surface area contributed by atoms with Crippen molar-refractivity contribution < 1.29 is 14.3 Å². The summed E-state index contributed by atoms with van der Waals surface area (Å²) in [5.41, 5.74) is 2.44. The number of hydrogen-bond acceptors (Lipinski definition) is 7. The first-order chi connectivity index (χ1) is 16.5. The van der Waals surface area contributed by atoms with Crippen molar-refractivity contribution in [2.75, 3.05) is 26.8 Å². The Hall–Kier alpha value is -3.27. The quantitative estimate of drug-likeness (QED) is 0.715. The largest absolute Gasteiger partial charge is 0.381 e. The maximum atomic E-state index is 13.3. The molecule has 3 unspecified atom stereocenters. The van der Waals surface area contributed by atoms with Crippen LogP contribution in [-0.2, 0) is 16.1 Å². The van der Waals surface area contributed by atoms with Crippen LogP contribution in [0.25, 0.3) is 0 Å². The summed E-state index contributed by atoms with van der Waals surface area (Å²) in [6.45, 7) is 4.80. The highest BCUT2D eigenvalue weighted by Gasteiger charge is 2.45. The van der Waals surface area contributed by atoms with E-state index in [0.29, 0.717) is 25.4 Å². The Morgan fingerprint density at radius 3 is 2.71 bits per heavy atom. The predicted molar refractivity (Wildman–Crippen MR) is 125 cm³/mol. The second-order valence-electron chi connectivity index (χ2n) is 9.33. The van der Waals surface area contributed by atoms with E-state index in [9.17, 15) is 9.59 Å². The van der Waals surface area contributed by atoms with Crippen molar-refractivity contribution in [2.24, 2.45) is 16.9 Å². The van der Waals surface area contributed by atoms with Gasteiger partial charge in [0, 0.05) is 44.4 Å². The summed E-state index contributed by atoms with van der Waals surface area (Å²) in [5.74, 6) is 0.0536. The lowest BCUT2D eigenvalue weighted by molar-refractivity contribution is -0.136. The second-order valence-corrected chi connectivity index (χ2v) is 9.33. The Kier molecular flexibility index (Phi) is 6.32. The number of fused-ring (bicyclic) bond motifs is 1. The summed E-state index contributed by atoms with van der Waals surface area (Å²) in [6, 6.07) is 9.21. The number of carbonyl (C=O) groups excluding carboxylic acids is 2. The molecule has 10 heteroatoms. The molecule has 0 aliphatic carbocycles. The molecular formula is C24H31N7O3. The van der Waals surface area contributed by atoms with Crippen LogP contribution in [0.3, 0.4) is 0 Å². The van der Waals surface area contributed by atoms with Crippen LogP contribution in [0.15, 0.2) is 41.6 Å². The number of benzene rings is 1. The monoisotopic (exact) mass is 465 g/mol. The Morgan fingerprint density at radius 2 is 1.94 bits per heavy atom. The van der Waals surface area contributed by atoms with Crippen molar-refractivity contribution in [3.05, 3.63) is 47.8 Å². The van der Waals surface area contributed by atoms with Gasteiger partial charge in [-0.25, -0.2) is 4.68 Å². The summed E-state index contributed by atoms with van der Waals surface area (Å²) in [4.78, 5) is 27.9. The molecule has 2 amide bonds. The molecular weight excluding hydrogens is 434 g/mol. The number of aromatic nitrogens is 3. The first-order valence-corrected chi connectivity index (χ1v) is 12.0. The molecule has 0 saturated carbocycles. The summed E-state index contributed by atoms with van der Waals surface area (Å²) in [7, 11) is 1.81. The lowest BCUT2D eigenvalue weighted by Gasteiger charge is -2.33. The number of nitrogens with zero attached hydrogens (tertiary/aromatic N) is 6. The Bertz CT molecular complexity index is 1060. The third kappa shape index (κ3) is 4.42. The van der Waals surface area contributed by atoms with Crippen molar-refractivity contribution in [1.82, 2.24) is 30.2 Å². The fourth-order valence-electron chi connectivity index (χ4n) is 5.25. The van der Waals surface area contributed by atoms with Crippen LogP contribution in [-0.4, -0.2) is 81.4 Å². The molecule has 2 aromatic rings. The highest BCUT2D eigenvalue weighted by atomic mass is 16.5. The molecule has 180 valence electrons. The fourth-order valence-corrected chi connectivity index (χ4v) is 5.25. The highest BCUT2D eigenvalue weighted by Crippen LogP contribution is 2.33. The van der Waals surface area contributed by atoms with Gasteiger partial charge in [-0.2, -0.15) is 5.10 Å². The van der Waals surface area contributed by atoms with Gasteiger partial charge in [0.1, 0.15) is 12.2 Å². The third-order valence-corrected chi connectivity index (χ3v) is 7.06. The molecule has 4 heterocycles. The minimum absolute atomic E-state index is 0.104. The maximum absolute atomic E-state index is 13.3. The van der Waals surface area contributed by atoms with E-state index < -0.39 is 11.9 Å². The van der Waals surface area contributed by atoms with Crippen LogP contribution in [0, 0.1) is 11.8 Å². The third-order valence-electron chi connectivity index (χ3n) is 7.06. The summed E-state index contributed by atoms with van der Waals surface area (Å²) in [6.07, 6.45) is 3.92. The van der Waals surface area contributed by atoms with Gasteiger partial charge in [0.25, 0.3) is 5.91 Å². The van der Waals surface area contributed by atoms with E-state index in [1.54, 1.807) is 22.8 Å². The fraction of sp³-hybridized carbons (Fsp3) is 0.542. The van der Waals surface area contributed by atoms with Crippen LogP contribution < -0.4 is 5.32 Å². The van der Waals surface area contributed by atoms with Crippen LogP contribution in [0.1, 0.15) is 42.2 Å². The van der Waals surface area contributed by atoms with Crippen molar-refractivity contribution in [1.29, 1.82) is 0 Å². The SMILES string of the molecule is CC1C(C2CCOCC2)=NN2CCC(NC(=O)c3cn(Cc4ccccc4)nn3)C(=O)N(C)C12. The average Bonchev–Trinajstić information content (AvgIpc) is 3.43. The van der Waals surface area contributed by atoms with E-state index in [0.717, 1.165) is 31.6 Å². The molecule has 2 fully saturated rings. The summed E-state index contributed by atoms with van der Waals surface area (Å²) >= 11 is 0. The maximum Gasteiger partial charge on any atom is 0.274 e. The van der Waals surface area contributed by atoms with Gasteiger partial charge in [-0.05, 0) is 24.8 Å². The molecule has 0 radical (unpaired) electrons. The molecule has 3 atom stereocenters. The van der Waals surface area contributed by atoms with Crippen LogP contribution in [0.4, 0.5) is 0 Å². The first kappa shape index (κ1) is 22.5. The van der Waals surface area contributed by atoms with Gasteiger partial charge >= 0.3 is 0 Å². The van der Waals surface area contributed by atoms with Gasteiger partial charge in [0.15, 0.2) is 5.69 Å². The first-order valence-electron chi connectivity index (χ1n) is 12.0. The van der Waals surface area contributed by atoms with Gasteiger partial charge in [0.05, 0.1) is 12.7 Å². The molecule has 1 aromatic heterocycles. The zero-order valence-corrected chi connectivity index (χ0v) is 19.6. The second kappa shape index (κ2) is 9.54. The Balaban J connectivity index is 1.24.